The fraction of sp³-hybridized carbons (Fsp3) is 0.429. The van der Waals surface area contributed by atoms with Crippen LogP contribution in [0, 0.1) is 5.92 Å². The molecule has 1 aliphatic rings. The summed E-state index contributed by atoms with van der Waals surface area (Å²) in [5, 5.41) is 0. The minimum absolute atomic E-state index is 0.00907. The number of hydrogen-bond acceptors (Lipinski definition) is 2. The quantitative estimate of drug-likeness (QED) is 0.747. The van der Waals surface area contributed by atoms with E-state index in [0.717, 1.165) is 18.4 Å². The summed E-state index contributed by atoms with van der Waals surface area (Å²) in [6, 6.07) is 7.97. The summed E-state index contributed by atoms with van der Waals surface area (Å²) in [5.41, 5.74) is 0.937. The van der Waals surface area contributed by atoms with Gasteiger partial charge in [-0.15, -0.1) is 11.8 Å². The molecule has 0 radical (unpaired) electrons. The Balaban J connectivity index is 2.05. The molecule has 0 spiro atoms. The number of allylic oxidation sites excluding steroid dienone is 1. The van der Waals surface area contributed by atoms with Crippen LogP contribution in [0.4, 0.5) is 4.39 Å². The van der Waals surface area contributed by atoms with Crippen LogP contribution in [-0.2, 0) is 4.74 Å². The van der Waals surface area contributed by atoms with Gasteiger partial charge in [0.1, 0.15) is 5.83 Å². The summed E-state index contributed by atoms with van der Waals surface area (Å²) in [5.74, 6) is 0.0363. The van der Waals surface area contributed by atoms with E-state index in [9.17, 15) is 4.39 Å². The van der Waals surface area contributed by atoms with Crippen molar-refractivity contribution in [2.45, 2.75) is 17.7 Å². The largest absolute Gasteiger partial charge is 0.381 e. The minimum atomic E-state index is -0.00907. The zero-order valence-electron chi connectivity index (χ0n) is 9.99. The van der Waals surface area contributed by atoms with Crippen LogP contribution < -0.4 is 0 Å². The molecule has 0 bridgehead atoms. The molecule has 17 heavy (non-hydrogen) atoms. The summed E-state index contributed by atoms with van der Waals surface area (Å²) in [4.78, 5) is 1.20. The lowest BCUT2D eigenvalue weighted by atomic mass is 9.97. The van der Waals surface area contributed by atoms with Crippen LogP contribution in [0.5, 0.6) is 0 Å². The number of ether oxygens (including phenoxy) is 1. The first-order chi connectivity index (χ1) is 8.29. The molecule has 0 atom stereocenters. The number of benzene rings is 1. The Kier molecular flexibility index (Phi) is 4.63. The second-order valence-electron chi connectivity index (χ2n) is 4.19. The Labute approximate surface area is 106 Å². The maximum atomic E-state index is 14.0. The van der Waals surface area contributed by atoms with Crippen LogP contribution >= 0.6 is 11.8 Å². The maximum Gasteiger partial charge on any atom is 0.104 e. The zero-order valence-corrected chi connectivity index (χ0v) is 10.8. The van der Waals surface area contributed by atoms with E-state index in [1.165, 1.54) is 4.90 Å². The van der Waals surface area contributed by atoms with Gasteiger partial charge in [0.2, 0.25) is 0 Å². The van der Waals surface area contributed by atoms with Crippen LogP contribution in [0.1, 0.15) is 18.4 Å². The number of rotatable bonds is 3. The highest BCUT2D eigenvalue weighted by Crippen LogP contribution is 2.26. The van der Waals surface area contributed by atoms with Crippen molar-refractivity contribution < 1.29 is 9.13 Å². The summed E-state index contributed by atoms with van der Waals surface area (Å²) >= 11 is 1.69. The molecule has 1 heterocycles. The van der Waals surface area contributed by atoms with Gasteiger partial charge >= 0.3 is 0 Å². The molecule has 0 aliphatic carbocycles. The SMILES string of the molecule is CSc1ccc(/C=C(\F)C2CCOCC2)cc1. The Morgan fingerprint density at radius 2 is 1.94 bits per heavy atom. The molecule has 1 nitrogen and oxygen atoms in total. The van der Waals surface area contributed by atoms with Crippen LogP contribution in [-0.4, -0.2) is 19.5 Å². The van der Waals surface area contributed by atoms with Gasteiger partial charge in [0, 0.05) is 24.0 Å². The molecule has 1 aliphatic heterocycles. The van der Waals surface area contributed by atoms with Crippen molar-refractivity contribution in [3.8, 4) is 0 Å². The van der Waals surface area contributed by atoms with Gasteiger partial charge in [-0.1, -0.05) is 12.1 Å². The number of halogens is 1. The second-order valence-corrected chi connectivity index (χ2v) is 5.07. The van der Waals surface area contributed by atoms with E-state index in [-0.39, 0.29) is 11.7 Å². The molecule has 1 aromatic carbocycles. The first-order valence-electron chi connectivity index (χ1n) is 5.88. The van der Waals surface area contributed by atoms with Gasteiger partial charge in [-0.25, -0.2) is 4.39 Å². The highest BCUT2D eigenvalue weighted by Gasteiger charge is 2.18. The molecule has 1 aromatic rings. The van der Waals surface area contributed by atoms with E-state index in [1.807, 2.05) is 30.5 Å². The molecular weight excluding hydrogens is 235 g/mol. The van der Waals surface area contributed by atoms with E-state index in [1.54, 1.807) is 17.8 Å². The van der Waals surface area contributed by atoms with E-state index in [4.69, 9.17) is 4.74 Å². The van der Waals surface area contributed by atoms with Crippen LogP contribution in [0.2, 0.25) is 0 Å². The van der Waals surface area contributed by atoms with Gasteiger partial charge in [0.15, 0.2) is 0 Å². The zero-order chi connectivity index (χ0) is 12.1. The Morgan fingerprint density at radius 3 is 2.53 bits per heavy atom. The smallest absolute Gasteiger partial charge is 0.104 e. The maximum absolute atomic E-state index is 14.0. The van der Waals surface area contributed by atoms with Crippen molar-refractivity contribution in [2.24, 2.45) is 5.92 Å². The molecule has 92 valence electrons. The van der Waals surface area contributed by atoms with Crippen molar-refractivity contribution in [3.05, 3.63) is 35.7 Å². The highest BCUT2D eigenvalue weighted by atomic mass is 32.2. The minimum Gasteiger partial charge on any atom is -0.381 e. The summed E-state index contributed by atoms with van der Waals surface area (Å²) in [6.45, 7) is 1.36. The predicted molar refractivity (Wildman–Crippen MR) is 70.9 cm³/mol. The van der Waals surface area contributed by atoms with E-state index < -0.39 is 0 Å². The lowest BCUT2D eigenvalue weighted by Crippen LogP contribution is -2.15. The first-order valence-corrected chi connectivity index (χ1v) is 7.11. The molecular formula is C14H17FOS. The topological polar surface area (TPSA) is 9.23 Å². The Morgan fingerprint density at radius 1 is 1.29 bits per heavy atom. The van der Waals surface area contributed by atoms with Crippen LogP contribution in [0.3, 0.4) is 0 Å². The highest BCUT2D eigenvalue weighted by molar-refractivity contribution is 7.98. The van der Waals surface area contributed by atoms with Crippen molar-refractivity contribution in [3.63, 3.8) is 0 Å². The molecule has 0 unspecified atom stereocenters. The van der Waals surface area contributed by atoms with Crippen molar-refractivity contribution >= 4 is 17.8 Å². The summed E-state index contributed by atoms with van der Waals surface area (Å²) in [6.07, 6.45) is 5.28. The number of thioether (sulfide) groups is 1. The van der Waals surface area contributed by atoms with E-state index in [0.29, 0.717) is 13.2 Å². The fourth-order valence-corrected chi connectivity index (χ4v) is 2.36. The molecule has 1 fully saturated rings. The summed E-state index contributed by atoms with van der Waals surface area (Å²) in [7, 11) is 0. The Bertz CT molecular complexity index is 380. The summed E-state index contributed by atoms with van der Waals surface area (Å²) < 4.78 is 19.2. The standard InChI is InChI=1S/C14H17FOS/c1-17-13-4-2-11(3-5-13)10-14(15)12-6-8-16-9-7-12/h2-5,10,12H,6-9H2,1H3/b14-10-. The third-order valence-corrected chi connectivity index (χ3v) is 3.78. The monoisotopic (exact) mass is 252 g/mol. The molecule has 0 amide bonds. The van der Waals surface area contributed by atoms with E-state index in [2.05, 4.69) is 0 Å². The molecule has 0 N–H and O–H groups in total. The number of hydrogen-bond donors (Lipinski definition) is 0. The third-order valence-electron chi connectivity index (χ3n) is 3.03. The lowest BCUT2D eigenvalue weighted by molar-refractivity contribution is 0.0705. The normalized spacial score (nSPS) is 18.4. The van der Waals surface area contributed by atoms with Crippen LogP contribution in [0.25, 0.3) is 6.08 Å². The average molecular weight is 252 g/mol. The van der Waals surface area contributed by atoms with Crippen LogP contribution in [0.15, 0.2) is 35.0 Å². The van der Waals surface area contributed by atoms with Crippen molar-refractivity contribution in [2.75, 3.05) is 19.5 Å². The van der Waals surface area contributed by atoms with Gasteiger partial charge in [-0.3, -0.25) is 0 Å². The fourth-order valence-electron chi connectivity index (χ4n) is 1.95. The van der Waals surface area contributed by atoms with Crippen molar-refractivity contribution in [1.82, 2.24) is 0 Å². The van der Waals surface area contributed by atoms with Gasteiger partial charge in [-0.2, -0.15) is 0 Å². The molecule has 0 saturated carbocycles. The second kappa shape index (κ2) is 6.22. The van der Waals surface area contributed by atoms with Gasteiger partial charge < -0.3 is 4.74 Å². The van der Waals surface area contributed by atoms with E-state index >= 15 is 0 Å². The third kappa shape index (κ3) is 3.58. The van der Waals surface area contributed by atoms with Gasteiger partial charge in [0.05, 0.1) is 0 Å². The van der Waals surface area contributed by atoms with Gasteiger partial charge in [0.25, 0.3) is 0 Å². The Hall–Kier alpha value is -0.800. The first kappa shape index (κ1) is 12.7. The van der Waals surface area contributed by atoms with Gasteiger partial charge in [-0.05, 0) is 42.9 Å². The molecule has 0 aromatic heterocycles. The molecule has 2 rings (SSSR count). The van der Waals surface area contributed by atoms with Crippen molar-refractivity contribution in [1.29, 1.82) is 0 Å². The lowest BCUT2D eigenvalue weighted by Gasteiger charge is -2.20. The average Bonchev–Trinajstić information content (AvgIpc) is 2.40. The molecule has 1 saturated heterocycles. The predicted octanol–water partition coefficient (Wildman–Crippen LogP) is 4.15. The molecule has 3 heteroatoms.